The van der Waals surface area contributed by atoms with Crippen molar-refractivity contribution in [2.75, 3.05) is 0 Å². The zero-order chi connectivity index (χ0) is 8.27. The van der Waals surface area contributed by atoms with Crippen LogP contribution in [0.5, 0.6) is 0 Å². The van der Waals surface area contributed by atoms with Crippen molar-refractivity contribution in [3.05, 3.63) is 29.8 Å². The van der Waals surface area contributed by atoms with Gasteiger partial charge in [-0.15, -0.1) is 0 Å². The quantitative estimate of drug-likeness (QED) is 0.306. The molecule has 0 saturated carbocycles. The number of rotatable bonds is 2. The van der Waals surface area contributed by atoms with Crippen molar-refractivity contribution in [3.63, 3.8) is 0 Å². The average Bonchev–Trinajstić information content (AvgIpc) is 2.04. The molecule has 0 heterocycles. The van der Waals surface area contributed by atoms with E-state index in [-0.39, 0.29) is 41.4 Å². The standard InChI is InChI=1S/C7H6O3S.Na.H/c8-5-6-3-1-2-4-7(6)11(9)10;;/h1-5H,(H,9,10);;/q;+1;-1/p-1. The number of hydrogen-bond acceptors (Lipinski definition) is 3. The molecule has 0 fully saturated rings. The Morgan fingerprint density at radius 1 is 1.42 bits per heavy atom. The Balaban J connectivity index is 0. The zero-order valence-electron chi connectivity index (χ0n) is 7.52. The van der Waals surface area contributed by atoms with Gasteiger partial charge in [0.1, 0.15) is 0 Å². The van der Waals surface area contributed by atoms with E-state index in [4.69, 9.17) is 0 Å². The molecular weight excluding hydrogens is 187 g/mol. The Bertz CT molecular complexity index is 306. The molecule has 0 bridgehead atoms. The molecule has 0 aromatic heterocycles. The van der Waals surface area contributed by atoms with Gasteiger partial charge in [0.15, 0.2) is 6.29 Å². The summed E-state index contributed by atoms with van der Waals surface area (Å²) >= 11 is -2.32. The van der Waals surface area contributed by atoms with Crippen LogP contribution in [0, 0.1) is 0 Å². The molecule has 60 valence electrons. The maximum atomic E-state index is 10.4. The van der Waals surface area contributed by atoms with Gasteiger partial charge in [-0.3, -0.25) is 9.00 Å². The van der Waals surface area contributed by atoms with E-state index in [2.05, 4.69) is 0 Å². The minimum Gasteiger partial charge on any atom is -1.00 e. The smallest absolute Gasteiger partial charge is 1.00 e. The van der Waals surface area contributed by atoms with E-state index >= 15 is 0 Å². The van der Waals surface area contributed by atoms with Gasteiger partial charge in [0.2, 0.25) is 0 Å². The second-order valence-electron chi connectivity index (χ2n) is 1.89. The zero-order valence-corrected chi connectivity index (χ0v) is 9.34. The topological polar surface area (TPSA) is 57.2 Å². The van der Waals surface area contributed by atoms with Crippen molar-refractivity contribution in [3.8, 4) is 0 Å². The number of hydrogen-bond donors (Lipinski definition) is 0. The average molecular weight is 193 g/mol. The van der Waals surface area contributed by atoms with E-state index in [0.29, 0.717) is 6.29 Å². The van der Waals surface area contributed by atoms with E-state index < -0.39 is 11.1 Å². The molecule has 12 heavy (non-hydrogen) atoms. The van der Waals surface area contributed by atoms with E-state index in [9.17, 15) is 13.6 Å². The van der Waals surface area contributed by atoms with Crippen molar-refractivity contribution in [2.45, 2.75) is 4.90 Å². The summed E-state index contributed by atoms with van der Waals surface area (Å²) in [6.07, 6.45) is 0.519. The summed E-state index contributed by atoms with van der Waals surface area (Å²) in [6, 6.07) is 6.02. The SMILES string of the molecule is O=Cc1ccccc1S(=O)[O-].[H-].[Na+]. The summed E-state index contributed by atoms with van der Waals surface area (Å²) in [4.78, 5) is 10.3. The van der Waals surface area contributed by atoms with Crippen LogP contribution in [0.15, 0.2) is 29.2 Å². The maximum Gasteiger partial charge on any atom is 1.00 e. The number of carbonyl (C=O) groups is 1. The summed E-state index contributed by atoms with van der Waals surface area (Å²) in [5.41, 5.74) is 0.195. The summed E-state index contributed by atoms with van der Waals surface area (Å²) in [5.74, 6) is 0. The Kier molecular flexibility index (Phi) is 5.61. The van der Waals surface area contributed by atoms with Crippen LogP contribution in [0.1, 0.15) is 11.8 Å². The third kappa shape index (κ3) is 2.80. The summed E-state index contributed by atoms with van der Waals surface area (Å²) in [6.45, 7) is 0. The second kappa shape index (κ2) is 5.61. The molecule has 0 aliphatic carbocycles. The Labute approximate surface area is 96.2 Å². The predicted octanol–water partition coefficient (Wildman–Crippen LogP) is -2.15. The van der Waals surface area contributed by atoms with E-state index in [1.165, 1.54) is 12.1 Å². The third-order valence-electron chi connectivity index (χ3n) is 1.23. The molecule has 0 saturated heterocycles. The second-order valence-corrected chi connectivity index (χ2v) is 2.80. The first-order valence-electron chi connectivity index (χ1n) is 2.89. The van der Waals surface area contributed by atoms with Crippen molar-refractivity contribution in [1.82, 2.24) is 0 Å². The van der Waals surface area contributed by atoms with Crippen LogP contribution in [0.3, 0.4) is 0 Å². The molecule has 1 rings (SSSR count). The Hall–Kier alpha value is -0.000000000000000222. The molecule has 1 atom stereocenters. The number of carbonyl (C=O) groups excluding carboxylic acids is 1. The van der Waals surface area contributed by atoms with Crippen LogP contribution in [-0.4, -0.2) is 15.0 Å². The largest absolute Gasteiger partial charge is 1.00 e. The monoisotopic (exact) mass is 193 g/mol. The van der Waals surface area contributed by atoms with Gasteiger partial charge in [-0.05, 0) is 17.1 Å². The minimum atomic E-state index is -2.32. The molecule has 0 N–H and O–H groups in total. The summed E-state index contributed by atoms with van der Waals surface area (Å²) in [5, 5.41) is 0. The van der Waals surface area contributed by atoms with Crippen LogP contribution in [0.4, 0.5) is 0 Å². The fourth-order valence-corrected chi connectivity index (χ4v) is 1.23. The summed E-state index contributed by atoms with van der Waals surface area (Å²) in [7, 11) is 0. The first kappa shape index (κ1) is 12.0. The molecule has 1 unspecified atom stereocenters. The van der Waals surface area contributed by atoms with Crippen LogP contribution in [0.25, 0.3) is 0 Å². The first-order valence-corrected chi connectivity index (χ1v) is 3.96. The Morgan fingerprint density at radius 2 is 2.00 bits per heavy atom. The molecule has 0 radical (unpaired) electrons. The molecule has 1 aromatic carbocycles. The van der Waals surface area contributed by atoms with Crippen molar-refractivity contribution in [2.24, 2.45) is 0 Å². The first-order chi connectivity index (χ1) is 5.25. The Morgan fingerprint density at radius 3 is 2.42 bits per heavy atom. The van der Waals surface area contributed by atoms with Crippen molar-refractivity contribution in [1.29, 1.82) is 0 Å². The van der Waals surface area contributed by atoms with Gasteiger partial charge in [0, 0.05) is 10.5 Å². The molecule has 5 heteroatoms. The van der Waals surface area contributed by atoms with Gasteiger partial charge < -0.3 is 5.98 Å². The molecule has 0 aliphatic heterocycles. The fraction of sp³-hybridized carbons (Fsp3) is 0. The van der Waals surface area contributed by atoms with Gasteiger partial charge in [-0.1, -0.05) is 18.2 Å². The number of aldehydes is 1. The van der Waals surface area contributed by atoms with Crippen molar-refractivity contribution >= 4 is 17.4 Å². The van der Waals surface area contributed by atoms with E-state index in [0.717, 1.165) is 0 Å². The molecule has 3 nitrogen and oxygen atoms in total. The molecule has 0 spiro atoms. The van der Waals surface area contributed by atoms with E-state index in [1.54, 1.807) is 12.1 Å². The third-order valence-corrected chi connectivity index (χ3v) is 1.96. The van der Waals surface area contributed by atoms with Crippen LogP contribution >= 0.6 is 0 Å². The van der Waals surface area contributed by atoms with Gasteiger partial charge in [0.05, 0.1) is 0 Å². The van der Waals surface area contributed by atoms with Crippen LogP contribution in [0.2, 0.25) is 0 Å². The maximum absolute atomic E-state index is 10.4. The van der Waals surface area contributed by atoms with E-state index in [1.807, 2.05) is 0 Å². The fourth-order valence-electron chi connectivity index (χ4n) is 0.730. The van der Waals surface area contributed by atoms with Crippen LogP contribution in [-0.2, 0) is 11.1 Å². The van der Waals surface area contributed by atoms with Gasteiger partial charge in [-0.2, -0.15) is 0 Å². The number of benzene rings is 1. The van der Waals surface area contributed by atoms with Gasteiger partial charge in [0.25, 0.3) is 0 Å². The minimum absolute atomic E-state index is 0. The van der Waals surface area contributed by atoms with Crippen LogP contribution < -0.4 is 29.6 Å². The van der Waals surface area contributed by atoms with Crippen molar-refractivity contribution < 1.29 is 44.5 Å². The normalized spacial score (nSPS) is 11.4. The molecule has 0 amide bonds. The molecule has 1 aromatic rings. The summed E-state index contributed by atoms with van der Waals surface area (Å²) < 4.78 is 20.8. The van der Waals surface area contributed by atoms with Gasteiger partial charge in [-0.25, -0.2) is 0 Å². The van der Waals surface area contributed by atoms with Gasteiger partial charge >= 0.3 is 29.6 Å². The molecular formula is C7H6NaO3S-. The predicted molar refractivity (Wildman–Crippen MR) is 40.1 cm³/mol. The molecule has 0 aliphatic rings.